The molecule has 0 aliphatic heterocycles. The van der Waals surface area contributed by atoms with Crippen molar-refractivity contribution in [3.63, 3.8) is 0 Å². The van der Waals surface area contributed by atoms with Gasteiger partial charge in [0.15, 0.2) is 0 Å². The molecule has 0 aromatic heterocycles. The van der Waals surface area contributed by atoms with Gasteiger partial charge in [-0.15, -0.1) is 0 Å². The Bertz CT molecular complexity index is 696. The van der Waals surface area contributed by atoms with E-state index in [2.05, 4.69) is 41.4 Å². The molecule has 126 valence electrons. The Morgan fingerprint density at radius 3 is 2.08 bits per heavy atom. The maximum absolute atomic E-state index is 13.1. The number of hydrogen-bond acceptors (Lipinski definition) is 2. The largest absolute Gasteiger partial charge is 0.378 e. The van der Waals surface area contributed by atoms with Crippen LogP contribution >= 0.6 is 0 Å². The maximum Gasteiger partial charge on any atom is 0.235 e. The summed E-state index contributed by atoms with van der Waals surface area (Å²) in [4.78, 5) is 15.2. The van der Waals surface area contributed by atoms with Crippen LogP contribution in [0.1, 0.15) is 36.8 Å². The van der Waals surface area contributed by atoms with E-state index in [1.165, 1.54) is 5.56 Å². The first-order valence-electron chi connectivity index (χ1n) is 8.67. The Balaban J connectivity index is 1.83. The molecule has 0 unspecified atom stereocenters. The SMILES string of the molecule is Cc1ccc(C2(C(=O)Nc3ccc(N(C)C)cc3)CCCC2)cc1. The number of amides is 1. The molecule has 2 aromatic rings. The molecule has 2 aromatic carbocycles. The number of nitrogens with one attached hydrogen (secondary N) is 1. The fraction of sp³-hybridized carbons (Fsp3) is 0.381. The Hall–Kier alpha value is -2.29. The third-order valence-electron chi connectivity index (χ3n) is 5.14. The van der Waals surface area contributed by atoms with Gasteiger partial charge in [0, 0.05) is 25.5 Å². The molecule has 0 spiro atoms. The van der Waals surface area contributed by atoms with Gasteiger partial charge in [0.05, 0.1) is 5.41 Å². The van der Waals surface area contributed by atoms with Crippen LogP contribution in [0.25, 0.3) is 0 Å². The van der Waals surface area contributed by atoms with Crippen molar-refractivity contribution < 1.29 is 4.79 Å². The number of aryl methyl sites for hydroxylation is 1. The predicted octanol–water partition coefficient (Wildman–Crippen LogP) is 4.51. The van der Waals surface area contributed by atoms with Crippen LogP contribution in [0.5, 0.6) is 0 Å². The van der Waals surface area contributed by atoms with E-state index in [0.717, 1.165) is 42.6 Å². The fourth-order valence-corrected chi connectivity index (χ4v) is 3.59. The third-order valence-corrected chi connectivity index (χ3v) is 5.14. The molecule has 1 N–H and O–H groups in total. The molecule has 1 saturated carbocycles. The van der Waals surface area contributed by atoms with E-state index in [4.69, 9.17) is 0 Å². The molecule has 0 atom stereocenters. The number of rotatable bonds is 4. The average Bonchev–Trinajstić information content (AvgIpc) is 3.07. The molecule has 0 heterocycles. The quantitative estimate of drug-likeness (QED) is 0.898. The normalized spacial score (nSPS) is 16.0. The number of carbonyl (C=O) groups excluding carboxylic acids is 1. The van der Waals surface area contributed by atoms with Crippen molar-refractivity contribution in [3.05, 3.63) is 59.7 Å². The summed E-state index contributed by atoms with van der Waals surface area (Å²) < 4.78 is 0. The second-order valence-electron chi connectivity index (χ2n) is 7.05. The molecule has 3 nitrogen and oxygen atoms in total. The van der Waals surface area contributed by atoms with Crippen LogP contribution in [0.3, 0.4) is 0 Å². The number of carbonyl (C=O) groups is 1. The van der Waals surface area contributed by atoms with E-state index >= 15 is 0 Å². The smallest absolute Gasteiger partial charge is 0.235 e. The monoisotopic (exact) mass is 322 g/mol. The number of hydrogen-bond donors (Lipinski definition) is 1. The van der Waals surface area contributed by atoms with Crippen LogP contribution in [0.15, 0.2) is 48.5 Å². The summed E-state index contributed by atoms with van der Waals surface area (Å²) in [6.07, 6.45) is 4.08. The lowest BCUT2D eigenvalue weighted by atomic mass is 9.77. The van der Waals surface area contributed by atoms with Crippen molar-refractivity contribution in [1.82, 2.24) is 0 Å². The molecular formula is C21H26N2O. The first kappa shape index (κ1) is 16.6. The molecule has 3 rings (SSSR count). The second kappa shape index (κ2) is 6.68. The molecule has 1 aliphatic rings. The van der Waals surface area contributed by atoms with E-state index in [9.17, 15) is 4.79 Å². The van der Waals surface area contributed by atoms with E-state index in [-0.39, 0.29) is 11.3 Å². The topological polar surface area (TPSA) is 32.3 Å². The Labute approximate surface area is 144 Å². The van der Waals surface area contributed by atoms with E-state index in [0.29, 0.717) is 0 Å². The van der Waals surface area contributed by atoms with Gasteiger partial charge in [-0.25, -0.2) is 0 Å². The molecule has 1 amide bonds. The van der Waals surface area contributed by atoms with Gasteiger partial charge in [0.25, 0.3) is 0 Å². The van der Waals surface area contributed by atoms with Crippen LogP contribution in [0, 0.1) is 6.92 Å². The predicted molar refractivity (Wildman–Crippen MR) is 101 cm³/mol. The highest BCUT2D eigenvalue weighted by Gasteiger charge is 2.42. The lowest BCUT2D eigenvalue weighted by Gasteiger charge is -2.28. The van der Waals surface area contributed by atoms with Crippen molar-refractivity contribution >= 4 is 17.3 Å². The van der Waals surface area contributed by atoms with Crippen LogP contribution < -0.4 is 10.2 Å². The summed E-state index contributed by atoms with van der Waals surface area (Å²) >= 11 is 0. The standard InChI is InChI=1S/C21H26N2O/c1-16-6-8-17(9-7-16)21(14-4-5-15-21)20(24)22-18-10-12-19(13-11-18)23(2)3/h6-13H,4-5,14-15H2,1-3H3,(H,22,24). The van der Waals surface area contributed by atoms with E-state index < -0.39 is 0 Å². The van der Waals surface area contributed by atoms with Crippen LogP contribution in [-0.2, 0) is 10.2 Å². The summed E-state index contributed by atoms with van der Waals surface area (Å²) in [5.74, 6) is 0.126. The fourth-order valence-electron chi connectivity index (χ4n) is 3.59. The molecule has 1 aliphatic carbocycles. The minimum Gasteiger partial charge on any atom is -0.378 e. The number of anilines is 2. The summed E-state index contributed by atoms with van der Waals surface area (Å²) in [5.41, 5.74) is 3.99. The highest BCUT2D eigenvalue weighted by molar-refractivity contribution is 5.99. The summed E-state index contributed by atoms with van der Waals surface area (Å²) in [6, 6.07) is 16.5. The van der Waals surface area contributed by atoms with Crippen molar-refractivity contribution in [1.29, 1.82) is 0 Å². The summed E-state index contributed by atoms with van der Waals surface area (Å²) in [5, 5.41) is 3.15. The van der Waals surface area contributed by atoms with E-state index in [1.54, 1.807) is 0 Å². The molecule has 1 fully saturated rings. The zero-order valence-electron chi connectivity index (χ0n) is 14.8. The van der Waals surface area contributed by atoms with E-state index in [1.807, 2.05) is 38.4 Å². The minimum absolute atomic E-state index is 0.126. The molecule has 0 saturated heterocycles. The highest BCUT2D eigenvalue weighted by Crippen LogP contribution is 2.42. The molecule has 0 bridgehead atoms. The van der Waals surface area contributed by atoms with Crippen LogP contribution in [-0.4, -0.2) is 20.0 Å². The van der Waals surface area contributed by atoms with Crippen molar-refractivity contribution in [2.24, 2.45) is 0 Å². The number of nitrogens with zero attached hydrogens (tertiary/aromatic N) is 1. The zero-order chi connectivity index (χ0) is 17.2. The minimum atomic E-state index is -0.381. The van der Waals surface area contributed by atoms with Crippen molar-refractivity contribution in [2.45, 2.75) is 38.0 Å². The molecule has 24 heavy (non-hydrogen) atoms. The van der Waals surface area contributed by atoms with Gasteiger partial charge in [0.2, 0.25) is 5.91 Å². The van der Waals surface area contributed by atoms with Gasteiger partial charge in [0.1, 0.15) is 0 Å². The lowest BCUT2D eigenvalue weighted by Crippen LogP contribution is -2.38. The molecular weight excluding hydrogens is 296 g/mol. The van der Waals surface area contributed by atoms with Gasteiger partial charge >= 0.3 is 0 Å². The Kier molecular flexibility index (Phi) is 4.61. The van der Waals surface area contributed by atoms with Gasteiger partial charge in [-0.2, -0.15) is 0 Å². The Morgan fingerprint density at radius 1 is 0.958 bits per heavy atom. The van der Waals surface area contributed by atoms with Crippen LogP contribution in [0.4, 0.5) is 11.4 Å². The summed E-state index contributed by atoms with van der Waals surface area (Å²) in [7, 11) is 4.02. The zero-order valence-corrected chi connectivity index (χ0v) is 14.8. The van der Waals surface area contributed by atoms with Gasteiger partial charge in [-0.3, -0.25) is 4.79 Å². The number of benzene rings is 2. The first-order valence-corrected chi connectivity index (χ1v) is 8.67. The van der Waals surface area contributed by atoms with Gasteiger partial charge in [-0.05, 0) is 49.6 Å². The van der Waals surface area contributed by atoms with Gasteiger partial charge in [-0.1, -0.05) is 42.7 Å². The average molecular weight is 322 g/mol. The lowest BCUT2D eigenvalue weighted by molar-refractivity contribution is -0.121. The summed E-state index contributed by atoms with van der Waals surface area (Å²) in [6.45, 7) is 2.08. The first-order chi connectivity index (χ1) is 11.5. The van der Waals surface area contributed by atoms with Crippen molar-refractivity contribution in [2.75, 3.05) is 24.3 Å². The molecule has 3 heteroatoms. The maximum atomic E-state index is 13.1. The Morgan fingerprint density at radius 2 is 1.54 bits per heavy atom. The van der Waals surface area contributed by atoms with Gasteiger partial charge < -0.3 is 10.2 Å². The highest BCUT2D eigenvalue weighted by atomic mass is 16.2. The second-order valence-corrected chi connectivity index (χ2v) is 7.05. The third kappa shape index (κ3) is 3.16. The molecule has 0 radical (unpaired) electrons. The van der Waals surface area contributed by atoms with Crippen molar-refractivity contribution in [3.8, 4) is 0 Å². The van der Waals surface area contributed by atoms with Crippen LogP contribution in [0.2, 0.25) is 0 Å².